The van der Waals surface area contributed by atoms with E-state index < -0.39 is 9.84 Å². The second-order valence-corrected chi connectivity index (χ2v) is 7.30. The van der Waals surface area contributed by atoms with Gasteiger partial charge in [0, 0.05) is 20.4 Å². The molecule has 0 spiro atoms. The lowest BCUT2D eigenvalue weighted by Gasteiger charge is -2.22. The fourth-order valence-corrected chi connectivity index (χ4v) is 2.62. The van der Waals surface area contributed by atoms with E-state index in [1.165, 1.54) is 31.1 Å². The van der Waals surface area contributed by atoms with Crippen LogP contribution in [0.25, 0.3) is 0 Å². The third-order valence-corrected chi connectivity index (χ3v) is 4.55. The summed E-state index contributed by atoms with van der Waals surface area (Å²) in [6, 6.07) is 5.78. The molecule has 3 amide bonds. The highest BCUT2D eigenvalue weighted by Crippen LogP contribution is 2.19. The highest BCUT2D eigenvalue weighted by atomic mass is 32.2. The van der Waals surface area contributed by atoms with Crippen LogP contribution >= 0.6 is 0 Å². The summed E-state index contributed by atoms with van der Waals surface area (Å²) in [6.45, 7) is 1.87. The summed E-state index contributed by atoms with van der Waals surface area (Å²) in [5.74, 6) is -0.256. The quantitative estimate of drug-likeness (QED) is 0.804. The van der Waals surface area contributed by atoms with Crippen LogP contribution < -0.4 is 10.6 Å². The van der Waals surface area contributed by atoms with E-state index in [-0.39, 0.29) is 29.4 Å². The standard InChI is InChI=1S/C15H23N3O4S/c1-5-13(17-15(20)18(3)10-14(19)16-2)11-6-8-12(9-7-11)23(4,21)22/h6-9,13H,5,10H2,1-4H3,(H,16,19)(H,17,20)/t13-/m0/s1. The van der Waals surface area contributed by atoms with Gasteiger partial charge in [0.15, 0.2) is 9.84 Å². The Morgan fingerprint density at radius 1 is 1.22 bits per heavy atom. The van der Waals surface area contributed by atoms with Crippen molar-refractivity contribution >= 4 is 21.8 Å². The molecule has 2 N–H and O–H groups in total. The Kier molecular flexibility index (Phi) is 6.56. The van der Waals surface area contributed by atoms with Crippen molar-refractivity contribution in [3.8, 4) is 0 Å². The number of likely N-dealkylation sites (N-methyl/N-ethyl adjacent to an activating group) is 2. The van der Waals surface area contributed by atoms with Gasteiger partial charge in [-0.3, -0.25) is 4.79 Å². The average molecular weight is 341 g/mol. The molecule has 8 heteroatoms. The van der Waals surface area contributed by atoms with Crippen molar-refractivity contribution in [2.24, 2.45) is 0 Å². The smallest absolute Gasteiger partial charge is 0.318 e. The lowest BCUT2D eigenvalue weighted by molar-refractivity contribution is -0.121. The predicted molar refractivity (Wildman–Crippen MR) is 87.8 cm³/mol. The Labute approximate surface area is 137 Å². The first-order valence-corrected chi connectivity index (χ1v) is 9.10. The van der Waals surface area contributed by atoms with Gasteiger partial charge in [-0.25, -0.2) is 13.2 Å². The molecular weight excluding hydrogens is 318 g/mol. The summed E-state index contributed by atoms with van der Waals surface area (Å²) in [7, 11) is -0.207. The van der Waals surface area contributed by atoms with Crippen molar-refractivity contribution < 1.29 is 18.0 Å². The number of nitrogens with zero attached hydrogens (tertiary/aromatic N) is 1. The van der Waals surface area contributed by atoms with Gasteiger partial charge in [-0.05, 0) is 24.1 Å². The largest absolute Gasteiger partial charge is 0.358 e. The van der Waals surface area contributed by atoms with E-state index in [9.17, 15) is 18.0 Å². The highest BCUT2D eigenvalue weighted by molar-refractivity contribution is 7.90. The predicted octanol–water partition coefficient (Wildman–Crippen LogP) is 0.929. The normalized spacial score (nSPS) is 12.3. The molecular formula is C15H23N3O4S. The van der Waals surface area contributed by atoms with E-state index >= 15 is 0 Å². The molecule has 0 saturated heterocycles. The number of amides is 3. The van der Waals surface area contributed by atoms with Crippen LogP contribution in [0.1, 0.15) is 24.9 Å². The van der Waals surface area contributed by atoms with Crippen molar-refractivity contribution in [2.45, 2.75) is 24.3 Å². The van der Waals surface area contributed by atoms with Crippen LogP contribution in [0.3, 0.4) is 0 Å². The maximum absolute atomic E-state index is 12.1. The van der Waals surface area contributed by atoms with Crippen molar-refractivity contribution in [2.75, 3.05) is 26.9 Å². The molecule has 128 valence electrons. The summed E-state index contributed by atoms with van der Waals surface area (Å²) >= 11 is 0. The minimum Gasteiger partial charge on any atom is -0.358 e. The third kappa shape index (κ3) is 5.55. The first kappa shape index (κ1) is 19.0. The Balaban J connectivity index is 2.80. The summed E-state index contributed by atoms with van der Waals surface area (Å²) in [5.41, 5.74) is 0.807. The fourth-order valence-electron chi connectivity index (χ4n) is 1.99. The zero-order valence-electron chi connectivity index (χ0n) is 13.8. The monoisotopic (exact) mass is 341 g/mol. The first-order chi connectivity index (χ1) is 10.7. The molecule has 0 aliphatic heterocycles. The van der Waals surface area contributed by atoms with Crippen LogP contribution in [-0.4, -0.2) is 52.2 Å². The number of rotatable bonds is 6. The Morgan fingerprint density at radius 3 is 2.22 bits per heavy atom. The summed E-state index contributed by atoms with van der Waals surface area (Å²) in [4.78, 5) is 24.9. The van der Waals surface area contributed by atoms with Crippen LogP contribution in [0, 0.1) is 0 Å². The van der Waals surface area contributed by atoms with E-state index in [2.05, 4.69) is 10.6 Å². The van der Waals surface area contributed by atoms with E-state index in [0.717, 1.165) is 11.8 Å². The van der Waals surface area contributed by atoms with Gasteiger partial charge in [-0.1, -0.05) is 19.1 Å². The molecule has 0 unspecified atom stereocenters. The van der Waals surface area contributed by atoms with Gasteiger partial charge in [-0.2, -0.15) is 0 Å². The van der Waals surface area contributed by atoms with Crippen LogP contribution in [-0.2, 0) is 14.6 Å². The molecule has 0 radical (unpaired) electrons. The Bertz CT molecular complexity index is 656. The summed E-state index contributed by atoms with van der Waals surface area (Å²) in [6.07, 6.45) is 1.78. The van der Waals surface area contributed by atoms with Crippen LogP contribution in [0.4, 0.5) is 4.79 Å². The van der Waals surface area contributed by atoms with Gasteiger partial charge in [0.1, 0.15) is 6.54 Å². The van der Waals surface area contributed by atoms with Crippen LogP contribution in [0.5, 0.6) is 0 Å². The number of carbonyl (C=O) groups is 2. The second kappa shape index (κ2) is 7.96. The van der Waals surface area contributed by atoms with Crippen molar-refractivity contribution in [1.82, 2.24) is 15.5 Å². The SMILES string of the molecule is CC[C@H](NC(=O)N(C)CC(=O)NC)c1ccc(S(C)(=O)=O)cc1. The maximum Gasteiger partial charge on any atom is 0.318 e. The molecule has 0 aromatic heterocycles. The molecule has 1 aromatic rings. The van der Waals surface area contributed by atoms with Crippen LogP contribution in [0.2, 0.25) is 0 Å². The molecule has 0 aliphatic rings. The lowest BCUT2D eigenvalue weighted by atomic mass is 10.1. The van der Waals surface area contributed by atoms with Gasteiger partial charge >= 0.3 is 6.03 Å². The van der Waals surface area contributed by atoms with E-state index in [1.807, 2.05) is 6.92 Å². The molecule has 0 fully saturated rings. The Hall–Kier alpha value is -2.09. The molecule has 1 rings (SSSR count). The third-order valence-electron chi connectivity index (χ3n) is 3.42. The van der Waals surface area contributed by atoms with Crippen LogP contribution in [0.15, 0.2) is 29.2 Å². The number of sulfone groups is 1. The summed E-state index contributed by atoms with van der Waals surface area (Å²) < 4.78 is 22.9. The maximum atomic E-state index is 12.1. The number of carbonyl (C=O) groups excluding carboxylic acids is 2. The first-order valence-electron chi connectivity index (χ1n) is 7.21. The van der Waals surface area contributed by atoms with Crippen molar-refractivity contribution in [3.63, 3.8) is 0 Å². The van der Waals surface area contributed by atoms with Gasteiger partial charge in [0.25, 0.3) is 0 Å². The number of hydrogen-bond donors (Lipinski definition) is 2. The molecule has 0 saturated carbocycles. The van der Waals surface area contributed by atoms with Crippen molar-refractivity contribution in [3.05, 3.63) is 29.8 Å². The molecule has 23 heavy (non-hydrogen) atoms. The molecule has 0 aliphatic carbocycles. The van der Waals surface area contributed by atoms with Gasteiger partial charge in [0.05, 0.1) is 10.9 Å². The number of nitrogens with one attached hydrogen (secondary N) is 2. The second-order valence-electron chi connectivity index (χ2n) is 5.28. The molecule has 0 heterocycles. The minimum atomic E-state index is -3.24. The highest BCUT2D eigenvalue weighted by Gasteiger charge is 2.18. The van der Waals surface area contributed by atoms with E-state index in [0.29, 0.717) is 6.42 Å². The topological polar surface area (TPSA) is 95.6 Å². The van der Waals surface area contributed by atoms with Crippen molar-refractivity contribution in [1.29, 1.82) is 0 Å². The molecule has 7 nitrogen and oxygen atoms in total. The average Bonchev–Trinajstić information content (AvgIpc) is 2.51. The van der Waals surface area contributed by atoms with Gasteiger partial charge in [0.2, 0.25) is 5.91 Å². The fraction of sp³-hybridized carbons (Fsp3) is 0.467. The molecule has 1 atom stereocenters. The Morgan fingerprint density at radius 2 is 1.78 bits per heavy atom. The summed E-state index contributed by atoms with van der Waals surface area (Å²) in [5, 5.41) is 5.28. The lowest BCUT2D eigenvalue weighted by Crippen LogP contribution is -2.43. The number of benzene rings is 1. The number of urea groups is 1. The zero-order chi connectivity index (χ0) is 17.6. The molecule has 0 bridgehead atoms. The van der Waals surface area contributed by atoms with E-state index in [4.69, 9.17) is 0 Å². The minimum absolute atomic E-state index is 0.0359. The van der Waals surface area contributed by atoms with E-state index in [1.54, 1.807) is 12.1 Å². The van der Waals surface area contributed by atoms with Gasteiger partial charge in [-0.15, -0.1) is 0 Å². The number of hydrogen-bond acceptors (Lipinski definition) is 4. The molecule has 1 aromatic carbocycles. The van der Waals surface area contributed by atoms with Gasteiger partial charge < -0.3 is 15.5 Å². The zero-order valence-corrected chi connectivity index (χ0v) is 14.6.